The highest BCUT2D eigenvalue weighted by atomic mass is 16.5. The molecule has 0 radical (unpaired) electrons. The summed E-state index contributed by atoms with van der Waals surface area (Å²) in [5.41, 5.74) is 7.40. The maximum atomic E-state index is 5.94. The Morgan fingerprint density at radius 1 is 1.21 bits per heavy atom. The van der Waals surface area contributed by atoms with E-state index in [9.17, 15) is 0 Å². The van der Waals surface area contributed by atoms with Crippen LogP contribution in [0.2, 0.25) is 0 Å². The Morgan fingerprint density at radius 2 is 2.04 bits per heavy atom. The lowest BCUT2D eigenvalue weighted by molar-refractivity contribution is 0.435. The Labute approximate surface area is 138 Å². The molecule has 0 spiro atoms. The van der Waals surface area contributed by atoms with Crippen molar-refractivity contribution in [2.24, 2.45) is 5.73 Å². The second kappa shape index (κ2) is 6.04. The summed E-state index contributed by atoms with van der Waals surface area (Å²) in [6.07, 6.45) is 3.33. The van der Waals surface area contributed by atoms with Crippen LogP contribution in [0.3, 0.4) is 0 Å². The van der Waals surface area contributed by atoms with E-state index in [0.717, 1.165) is 31.4 Å². The molecular formula is C16H18N6O2. The van der Waals surface area contributed by atoms with E-state index in [1.54, 1.807) is 6.07 Å². The first-order valence-corrected chi connectivity index (χ1v) is 7.92. The molecule has 2 aromatic heterocycles. The van der Waals surface area contributed by atoms with Crippen LogP contribution in [0.4, 0.5) is 5.95 Å². The molecule has 0 atom stereocenters. The van der Waals surface area contributed by atoms with Crippen molar-refractivity contribution in [1.82, 2.24) is 19.9 Å². The van der Waals surface area contributed by atoms with Crippen LogP contribution >= 0.6 is 0 Å². The van der Waals surface area contributed by atoms with Crippen LogP contribution < -0.4 is 15.4 Å². The SMILES string of the molecule is Cc1nc2ccc(Oc3ncnc(N4CCC(N)CC4)n3)cc2o1. The van der Waals surface area contributed by atoms with Gasteiger partial charge >= 0.3 is 6.01 Å². The Kier molecular flexibility index (Phi) is 3.73. The first kappa shape index (κ1) is 14.8. The molecular weight excluding hydrogens is 308 g/mol. The Morgan fingerprint density at radius 3 is 2.88 bits per heavy atom. The zero-order chi connectivity index (χ0) is 16.5. The number of anilines is 1. The summed E-state index contributed by atoms with van der Waals surface area (Å²) < 4.78 is 11.3. The average molecular weight is 326 g/mol. The van der Waals surface area contributed by atoms with E-state index >= 15 is 0 Å². The second-order valence-electron chi connectivity index (χ2n) is 5.86. The highest BCUT2D eigenvalue weighted by Gasteiger charge is 2.19. The first-order chi connectivity index (χ1) is 11.7. The molecule has 1 aliphatic heterocycles. The molecule has 124 valence electrons. The van der Waals surface area contributed by atoms with Gasteiger partial charge in [0, 0.05) is 32.1 Å². The lowest BCUT2D eigenvalue weighted by atomic mass is 10.1. The van der Waals surface area contributed by atoms with Gasteiger partial charge in [-0.25, -0.2) is 9.97 Å². The van der Waals surface area contributed by atoms with Crippen molar-refractivity contribution in [1.29, 1.82) is 0 Å². The van der Waals surface area contributed by atoms with Crippen LogP contribution in [0, 0.1) is 6.92 Å². The van der Waals surface area contributed by atoms with Gasteiger partial charge in [-0.2, -0.15) is 9.97 Å². The molecule has 0 saturated carbocycles. The van der Waals surface area contributed by atoms with Gasteiger partial charge in [-0.3, -0.25) is 0 Å². The van der Waals surface area contributed by atoms with Gasteiger partial charge in [0.2, 0.25) is 5.95 Å². The summed E-state index contributed by atoms with van der Waals surface area (Å²) in [5.74, 6) is 1.83. The Hall–Kier alpha value is -2.74. The number of hydrogen-bond acceptors (Lipinski definition) is 8. The van der Waals surface area contributed by atoms with Crippen molar-refractivity contribution >= 4 is 17.0 Å². The molecule has 1 aliphatic rings. The number of benzene rings is 1. The fraction of sp³-hybridized carbons (Fsp3) is 0.375. The molecule has 2 N–H and O–H groups in total. The van der Waals surface area contributed by atoms with Crippen LogP contribution in [-0.4, -0.2) is 39.1 Å². The van der Waals surface area contributed by atoms with E-state index in [1.807, 2.05) is 19.1 Å². The largest absolute Gasteiger partial charge is 0.441 e. The molecule has 0 aliphatic carbocycles. The Bertz CT molecular complexity index is 857. The van der Waals surface area contributed by atoms with Crippen molar-refractivity contribution in [3.8, 4) is 11.8 Å². The van der Waals surface area contributed by atoms with Crippen molar-refractivity contribution in [2.75, 3.05) is 18.0 Å². The van der Waals surface area contributed by atoms with E-state index in [4.69, 9.17) is 14.9 Å². The van der Waals surface area contributed by atoms with Crippen LogP contribution in [0.1, 0.15) is 18.7 Å². The number of aromatic nitrogens is 4. The first-order valence-electron chi connectivity index (χ1n) is 7.92. The van der Waals surface area contributed by atoms with Gasteiger partial charge in [0.15, 0.2) is 11.5 Å². The Balaban J connectivity index is 1.54. The average Bonchev–Trinajstić information content (AvgIpc) is 2.95. The van der Waals surface area contributed by atoms with Crippen molar-refractivity contribution in [3.05, 3.63) is 30.4 Å². The van der Waals surface area contributed by atoms with Crippen LogP contribution in [0.25, 0.3) is 11.1 Å². The van der Waals surface area contributed by atoms with Crippen LogP contribution in [0.5, 0.6) is 11.8 Å². The number of rotatable bonds is 3. The molecule has 1 saturated heterocycles. The van der Waals surface area contributed by atoms with Gasteiger partial charge in [-0.15, -0.1) is 0 Å². The van der Waals surface area contributed by atoms with E-state index in [1.165, 1.54) is 6.33 Å². The maximum absolute atomic E-state index is 5.94. The summed E-state index contributed by atoms with van der Waals surface area (Å²) >= 11 is 0. The summed E-state index contributed by atoms with van der Waals surface area (Å²) in [7, 11) is 0. The minimum atomic E-state index is 0.255. The number of piperidine rings is 1. The predicted octanol–water partition coefficient (Wildman–Crippen LogP) is 2.04. The molecule has 3 aromatic rings. The topological polar surface area (TPSA) is 103 Å². The third kappa shape index (κ3) is 3.00. The zero-order valence-electron chi connectivity index (χ0n) is 13.3. The highest BCUT2D eigenvalue weighted by Crippen LogP contribution is 2.25. The smallest absolute Gasteiger partial charge is 0.326 e. The number of oxazole rings is 1. The molecule has 1 fully saturated rings. The number of aryl methyl sites for hydroxylation is 1. The quantitative estimate of drug-likeness (QED) is 0.780. The van der Waals surface area contributed by atoms with E-state index in [0.29, 0.717) is 23.2 Å². The summed E-state index contributed by atoms with van der Waals surface area (Å²) in [6, 6.07) is 5.95. The standard InChI is InChI=1S/C16H18N6O2/c1-10-20-13-3-2-12(8-14(13)23-10)24-16-19-9-18-15(21-16)22-6-4-11(17)5-7-22/h2-3,8-9,11H,4-7,17H2,1H3. The number of fused-ring (bicyclic) bond motifs is 1. The predicted molar refractivity (Wildman–Crippen MR) is 88.1 cm³/mol. The van der Waals surface area contributed by atoms with Gasteiger partial charge < -0.3 is 19.8 Å². The molecule has 1 aromatic carbocycles. The van der Waals surface area contributed by atoms with Crippen molar-refractivity contribution < 1.29 is 9.15 Å². The third-order valence-electron chi connectivity index (χ3n) is 4.04. The molecule has 4 rings (SSSR count). The maximum Gasteiger partial charge on any atom is 0.326 e. The van der Waals surface area contributed by atoms with Crippen molar-refractivity contribution in [2.45, 2.75) is 25.8 Å². The summed E-state index contributed by atoms with van der Waals surface area (Å²) in [6.45, 7) is 3.49. The minimum absolute atomic E-state index is 0.255. The molecule has 0 amide bonds. The number of nitrogens with two attached hydrogens (primary N) is 1. The lowest BCUT2D eigenvalue weighted by Crippen LogP contribution is -2.40. The molecule has 8 nitrogen and oxygen atoms in total. The molecule has 24 heavy (non-hydrogen) atoms. The van der Waals surface area contributed by atoms with Gasteiger partial charge in [-0.05, 0) is 25.0 Å². The normalized spacial score (nSPS) is 15.8. The van der Waals surface area contributed by atoms with Gasteiger partial charge in [-0.1, -0.05) is 0 Å². The van der Waals surface area contributed by atoms with Gasteiger partial charge in [0.1, 0.15) is 17.6 Å². The summed E-state index contributed by atoms with van der Waals surface area (Å²) in [5, 5.41) is 0. The van der Waals surface area contributed by atoms with E-state index in [-0.39, 0.29) is 12.1 Å². The number of ether oxygens (including phenoxy) is 1. The monoisotopic (exact) mass is 326 g/mol. The van der Waals surface area contributed by atoms with Crippen molar-refractivity contribution in [3.63, 3.8) is 0 Å². The molecule has 8 heteroatoms. The minimum Gasteiger partial charge on any atom is -0.441 e. The van der Waals surface area contributed by atoms with Crippen LogP contribution in [-0.2, 0) is 0 Å². The molecule has 0 bridgehead atoms. The zero-order valence-corrected chi connectivity index (χ0v) is 13.3. The highest BCUT2D eigenvalue weighted by molar-refractivity contribution is 5.74. The summed E-state index contributed by atoms with van der Waals surface area (Å²) in [4.78, 5) is 19.1. The van der Waals surface area contributed by atoms with E-state index < -0.39 is 0 Å². The van der Waals surface area contributed by atoms with Gasteiger partial charge in [0.25, 0.3) is 0 Å². The fourth-order valence-corrected chi connectivity index (χ4v) is 2.76. The number of hydrogen-bond donors (Lipinski definition) is 1. The number of nitrogens with zero attached hydrogens (tertiary/aromatic N) is 5. The van der Waals surface area contributed by atoms with Crippen LogP contribution in [0.15, 0.2) is 28.9 Å². The second-order valence-corrected chi connectivity index (χ2v) is 5.86. The third-order valence-corrected chi connectivity index (χ3v) is 4.04. The lowest BCUT2D eigenvalue weighted by Gasteiger charge is -2.29. The van der Waals surface area contributed by atoms with Gasteiger partial charge in [0.05, 0.1) is 0 Å². The fourth-order valence-electron chi connectivity index (χ4n) is 2.76. The molecule has 0 unspecified atom stereocenters. The van der Waals surface area contributed by atoms with E-state index in [2.05, 4.69) is 24.8 Å². The molecule has 3 heterocycles.